The highest BCUT2D eigenvalue weighted by Crippen LogP contribution is 2.38. The number of hydrogen-bond donors (Lipinski definition) is 2. The number of ether oxygens (including phenoxy) is 1. The predicted molar refractivity (Wildman–Crippen MR) is 77.4 cm³/mol. The highest BCUT2D eigenvalue weighted by atomic mass is 35.5. The fourth-order valence-electron chi connectivity index (χ4n) is 1.27. The molecule has 0 unspecified atom stereocenters. The molecule has 9 heteroatoms. The van der Waals surface area contributed by atoms with E-state index in [0.717, 1.165) is 0 Å². The molecular weight excluding hydrogens is 321 g/mol. The van der Waals surface area contributed by atoms with Crippen molar-refractivity contribution in [3.05, 3.63) is 29.3 Å². The van der Waals surface area contributed by atoms with Crippen molar-refractivity contribution in [1.29, 1.82) is 0 Å². The van der Waals surface area contributed by atoms with E-state index in [4.69, 9.17) is 26.1 Å². The van der Waals surface area contributed by atoms with Crippen molar-refractivity contribution >= 4 is 30.6 Å². The first kappa shape index (κ1) is 17.7. The van der Waals surface area contributed by atoms with E-state index in [-0.39, 0.29) is 6.42 Å². The summed E-state index contributed by atoms with van der Waals surface area (Å²) < 4.78 is 16.2. The first-order valence-corrected chi connectivity index (χ1v) is 8.03. The van der Waals surface area contributed by atoms with Gasteiger partial charge in [0.1, 0.15) is 5.75 Å². The summed E-state index contributed by atoms with van der Waals surface area (Å²) in [5, 5.41) is 3.74. The Morgan fingerprint density at radius 3 is 2.48 bits per heavy atom. The third kappa shape index (κ3) is 6.73. The van der Waals surface area contributed by atoms with Crippen molar-refractivity contribution in [2.24, 2.45) is 5.16 Å². The molecule has 0 atom stereocenters. The minimum Gasteiger partial charge on any atom is -0.482 e. The Morgan fingerprint density at radius 1 is 1.33 bits per heavy atom. The molecule has 21 heavy (non-hydrogen) atoms. The standard InChI is InChI=1S/C12H15ClNO6P/c1-2-3-11(21(16,17)18)14-20-12(15)8-19-10-6-4-9(13)5-7-10/h4-7H,2-3,8H2,1H3,(H2,16,17,18). The molecule has 1 rings (SSSR count). The van der Waals surface area contributed by atoms with Crippen molar-refractivity contribution in [1.82, 2.24) is 0 Å². The zero-order chi connectivity index (χ0) is 15.9. The Kier molecular flexibility index (Phi) is 6.84. The topological polar surface area (TPSA) is 105 Å². The van der Waals surface area contributed by atoms with Gasteiger partial charge in [0.05, 0.1) is 0 Å². The van der Waals surface area contributed by atoms with Crippen LogP contribution in [0.1, 0.15) is 19.8 Å². The summed E-state index contributed by atoms with van der Waals surface area (Å²) in [4.78, 5) is 33.8. The molecule has 0 amide bonds. The second kappa shape index (κ2) is 8.14. The summed E-state index contributed by atoms with van der Waals surface area (Å²) in [6.07, 6.45) is 0.498. The molecule has 2 N–H and O–H groups in total. The van der Waals surface area contributed by atoms with Gasteiger partial charge in [-0.2, -0.15) is 0 Å². The van der Waals surface area contributed by atoms with Gasteiger partial charge in [0, 0.05) is 11.4 Å². The quantitative estimate of drug-likeness (QED) is 0.343. The molecule has 0 fully saturated rings. The smallest absolute Gasteiger partial charge is 0.373 e. The van der Waals surface area contributed by atoms with E-state index in [1.165, 1.54) is 0 Å². The van der Waals surface area contributed by atoms with Gasteiger partial charge in [-0.1, -0.05) is 30.1 Å². The summed E-state index contributed by atoms with van der Waals surface area (Å²) in [6, 6.07) is 6.31. The van der Waals surface area contributed by atoms with E-state index in [9.17, 15) is 9.36 Å². The van der Waals surface area contributed by atoms with Gasteiger partial charge < -0.3 is 19.4 Å². The molecule has 0 spiro atoms. The number of nitrogens with zero attached hydrogens (tertiary/aromatic N) is 1. The third-order valence-corrected chi connectivity index (χ3v) is 3.46. The Labute approximate surface area is 126 Å². The number of rotatable bonds is 7. The molecule has 7 nitrogen and oxygen atoms in total. The zero-order valence-corrected chi connectivity index (χ0v) is 12.9. The fraction of sp³-hybridized carbons (Fsp3) is 0.333. The largest absolute Gasteiger partial charge is 0.482 e. The first-order chi connectivity index (χ1) is 9.82. The lowest BCUT2D eigenvalue weighted by Crippen LogP contribution is -2.13. The predicted octanol–water partition coefficient (Wildman–Crippen LogP) is 2.55. The monoisotopic (exact) mass is 335 g/mol. The molecule has 0 aliphatic carbocycles. The SMILES string of the molecule is CCCC(=NOC(=O)COc1ccc(Cl)cc1)P(=O)(O)O. The third-order valence-electron chi connectivity index (χ3n) is 2.23. The van der Waals surface area contributed by atoms with Gasteiger partial charge in [-0.25, -0.2) is 4.79 Å². The Morgan fingerprint density at radius 2 is 1.95 bits per heavy atom. The average Bonchev–Trinajstić information content (AvgIpc) is 2.41. The van der Waals surface area contributed by atoms with Crippen molar-refractivity contribution in [3.8, 4) is 5.75 Å². The van der Waals surface area contributed by atoms with Gasteiger partial charge in [0.2, 0.25) is 0 Å². The lowest BCUT2D eigenvalue weighted by Gasteiger charge is -2.07. The minimum absolute atomic E-state index is 0.0373. The normalized spacial score (nSPS) is 12.1. The van der Waals surface area contributed by atoms with Gasteiger partial charge in [0.15, 0.2) is 12.1 Å². The number of benzene rings is 1. The fourth-order valence-corrected chi connectivity index (χ4v) is 2.06. The van der Waals surface area contributed by atoms with Crippen LogP contribution >= 0.6 is 19.2 Å². The second-order valence-electron chi connectivity index (χ2n) is 4.01. The molecule has 1 aromatic carbocycles. The maximum Gasteiger partial charge on any atom is 0.373 e. The van der Waals surface area contributed by atoms with Crippen LogP contribution in [-0.4, -0.2) is 27.8 Å². The van der Waals surface area contributed by atoms with E-state index < -0.39 is 25.6 Å². The molecule has 0 aliphatic rings. The molecule has 0 aromatic heterocycles. The van der Waals surface area contributed by atoms with Crippen molar-refractivity contribution in [3.63, 3.8) is 0 Å². The van der Waals surface area contributed by atoms with E-state index in [1.54, 1.807) is 31.2 Å². The molecule has 0 saturated carbocycles. The lowest BCUT2D eigenvalue weighted by molar-refractivity contribution is -0.146. The molecule has 116 valence electrons. The van der Waals surface area contributed by atoms with E-state index in [2.05, 4.69) is 9.99 Å². The maximum atomic E-state index is 11.4. The molecule has 0 saturated heterocycles. The summed E-state index contributed by atoms with van der Waals surface area (Å²) >= 11 is 5.69. The van der Waals surface area contributed by atoms with Crippen molar-refractivity contribution in [2.45, 2.75) is 19.8 Å². The van der Waals surface area contributed by atoms with Crippen LogP contribution in [0.15, 0.2) is 29.4 Å². The summed E-state index contributed by atoms with van der Waals surface area (Å²) in [6.45, 7) is 1.28. The highest BCUT2D eigenvalue weighted by Gasteiger charge is 2.23. The summed E-state index contributed by atoms with van der Waals surface area (Å²) in [5.74, 6) is -0.462. The molecule has 0 radical (unpaired) electrons. The van der Waals surface area contributed by atoms with Gasteiger partial charge in [-0.3, -0.25) is 4.57 Å². The second-order valence-corrected chi connectivity index (χ2v) is 6.05. The van der Waals surface area contributed by atoms with Crippen LogP contribution in [0.5, 0.6) is 5.75 Å². The Bertz CT molecular complexity index is 553. The number of carbonyl (C=O) groups excluding carboxylic acids is 1. The van der Waals surface area contributed by atoms with Crippen LogP contribution in [-0.2, 0) is 14.2 Å². The Hall–Kier alpha value is -1.40. The molecule has 0 aliphatic heterocycles. The molecule has 1 aromatic rings. The molecule has 0 heterocycles. The number of oxime groups is 1. The van der Waals surface area contributed by atoms with Crippen molar-refractivity contribution in [2.75, 3.05) is 6.61 Å². The van der Waals surface area contributed by atoms with Crippen LogP contribution in [0.3, 0.4) is 0 Å². The van der Waals surface area contributed by atoms with Crippen molar-refractivity contribution < 1.29 is 28.7 Å². The van der Waals surface area contributed by atoms with Gasteiger partial charge >= 0.3 is 13.6 Å². The number of carbonyl (C=O) groups is 1. The highest BCUT2D eigenvalue weighted by molar-refractivity contribution is 7.70. The maximum absolute atomic E-state index is 11.4. The Balaban J connectivity index is 2.52. The lowest BCUT2D eigenvalue weighted by atomic mass is 10.3. The van der Waals surface area contributed by atoms with E-state index in [1.807, 2.05) is 0 Å². The van der Waals surface area contributed by atoms with E-state index >= 15 is 0 Å². The van der Waals surface area contributed by atoms with E-state index in [0.29, 0.717) is 17.2 Å². The first-order valence-electron chi connectivity index (χ1n) is 6.04. The molecular formula is C12H15ClNO6P. The van der Waals surface area contributed by atoms with Crippen LogP contribution in [0, 0.1) is 0 Å². The minimum atomic E-state index is -4.51. The molecule has 0 bridgehead atoms. The van der Waals surface area contributed by atoms with Gasteiger partial charge in [-0.15, -0.1) is 0 Å². The van der Waals surface area contributed by atoms with Crippen LogP contribution < -0.4 is 4.74 Å². The van der Waals surface area contributed by atoms with Crippen LogP contribution in [0.25, 0.3) is 0 Å². The van der Waals surface area contributed by atoms with Gasteiger partial charge in [-0.05, 0) is 24.3 Å². The summed E-state index contributed by atoms with van der Waals surface area (Å²) in [5.41, 5.74) is -0.468. The summed E-state index contributed by atoms with van der Waals surface area (Å²) in [7, 11) is -4.51. The average molecular weight is 336 g/mol. The zero-order valence-electron chi connectivity index (χ0n) is 11.2. The number of hydrogen-bond acceptors (Lipinski definition) is 5. The van der Waals surface area contributed by atoms with Gasteiger partial charge in [0.25, 0.3) is 0 Å². The van der Waals surface area contributed by atoms with Crippen LogP contribution in [0.4, 0.5) is 0 Å². The van der Waals surface area contributed by atoms with Crippen LogP contribution in [0.2, 0.25) is 5.02 Å². The number of halogens is 1.